The number of phenolic OH excluding ortho intramolecular Hbond substituents is 2. The lowest BCUT2D eigenvalue weighted by Gasteiger charge is -2.37. The van der Waals surface area contributed by atoms with Crippen LogP contribution >= 0.6 is 0 Å². The summed E-state index contributed by atoms with van der Waals surface area (Å²) in [6.07, 6.45) is 0. The molecule has 1 saturated heterocycles. The minimum atomic E-state index is -0.115. The standard InChI is InChI=1S/C13H20B2N4O4/c1-22-14-16-13(17-15-23-2)19-7-5-18(6-8-19)10-3-4-11(20)12(21)9-10/h3-4,9,20-21H,5-8H2,1-2H3,(H,16,17). The Morgan fingerprint density at radius 3 is 2.48 bits per heavy atom. The van der Waals surface area contributed by atoms with E-state index in [0.29, 0.717) is 5.96 Å². The Kier molecular flexibility index (Phi) is 6.42. The van der Waals surface area contributed by atoms with Crippen LogP contribution in [0.15, 0.2) is 23.1 Å². The lowest BCUT2D eigenvalue weighted by molar-refractivity contribution is 0.372. The van der Waals surface area contributed by atoms with Crippen molar-refractivity contribution in [2.45, 2.75) is 0 Å². The number of phenols is 2. The number of anilines is 1. The van der Waals surface area contributed by atoms with E-state index in [1.54, 1.807) is 19.2 Å². The van der Waals surface area contributed by atoms with Crippen molar-refractivity contribution >= 4 is 26.9 Å². The van der Waals surface area contributed by atoms with Crippen LogP contribution < -0.4 is 10.1 Å². The monoisotopic (exact) mass is 318 g/mol. The van der Waals surface area contributed by atoms with Crippen LogP contribution in [-0.4, -0.2) is 76.7 Å². The molecule has 1 heterocycles. The maximum atomic E-state index is 9.61. The van der Waals surface area contributed by atoms with Gasteiger partial charge < -0.3 is 34.5 Å². The Morgan fingerprint density at radius 1 is 1.13 bits per heavy atom. The van der Waals surface area contributed by atoms with Crippen molar-refractivity contribution in [3.63, 3.8) is 0 Å². The molecule has 2 radical (unpaired) electrons. The molecule has 1 aromatic carbocycles. The third-order valence-electron chi connectivity index (χ3n) is 3.49. The number of piperazine rings is 1. The molecule has 1 fully saturated rings. The van der Waals surface area contributed by atoms with Crippen molar-refractivity contribution in [2.75, 3.05) is 45.3 Å². The van der Waals surface area contributed by atoms with Crippen molar-refractivity contribution in [1.82, 2.24) is 10.1 Å². The molecule has 0 unspecified atom stereocenters. The lowest BCUT2D eigenvalue weighted by atomic mass is 10.2. The first-order chi connectivity index (χ1) is 11.2. The van der Waals surface area contributed by atoms with Gasteiger partial charge in [0.1, 0.15) is 0 Å². The molecule has 1 aliphatic rings. The normalized spacial score (nSPS) is 15.5. The number of guanidine groups is 1. The number of rotatable bonds is 5. The number of benzene rings is 1. The van der Waals surface area contributed by atoms with E-state index in [4.69, 9.17) is 9.31 Å². The van der Waals surface area contributed by atoms with Crippen molar-refractivity contribution in [1.29, 1.82) is 0 Å². The van der Waals surface area contributed by atoms with Crippen LogP contribution in [0, 0.1) is 0 Å². The van der Waals surface area contributed by atoms with E-state index < -0.39 is 0 Å². The summed E-state index contributed by atoms with van der Waals surface area (Å²) in [5.74, 6) is 0.413. The molecular weight excluding hydrogens is 298 g/mol. The molecule has 1 aromatic rings. The zero-order chi connectivity index (χ0) is 16.7. The SMILES string of the molecule is CO[B]N=C(N[B]OC)N1CCN(c2ccc(O)c(O)c2)CC1. The highest BCUT2D eigenvalue weighted by Gasteiger charge is 2.20. The summed E-state index contributed by atoms with van der Waals surface area (Å²) in [5, 5.41) is 22.0. The quantitative estimate of drug-likeness (QED) is 0.293. The zero-order valence-electron chi connectivity index (χ0n) is 13.3. The summed E-state index contributed by atoms with van der Waals surface area (Å²) >= 11 is 0. The van der Waals surface area contributed by atoms with Crippen LogP contribution in [0.25, 0.3) is 0 Å². The fourth-order valence-electron chi connectivity index (χ4n) is 2.31. The second-order valence-corrected chi connectivity index (χ2v) is 4.94. The van der Waals surface area contributed by atoms with Crippen LogP contribution in [0.3, 0.4) is 0 Å². The number of nitrogens with zero attached hydrogens (tertiary/aromatic N) is 3. The highest BCUT2D eigenvalue weighted by Crippen LogP contribution is 2.29. The molecule has 0 amide bonds. The van der Waals surface area contributed by atoms with E-state index in [0.717, 1.165) is 31.9 Å². The minimum absolute atomic E-state index is 0.113. The van der Waals surface area contributed by atoms with E-state index in [-0.39, 0.29) is 11.5 Å². The number of hydrogen-bond donors (Lipinski definition) is 3. The third-order valence-corrected chi connectivity index (χ3v) is 3.49. The minimum Gasteiger partial charge on any atom is -0.504 e. The van der Waals surface area contributed by atoms with Gasteiger partial charge in [0, 0.05) is 52.2 Å². The van der Waals surface area contributed by atoms with Gasteiger partial charge in [-0.15, -0.1) is 0 Å². The fourth-order valence-corrected chi connectivity index (χ4v) is 2.31. The van der Waals surface area contributed by atoms with E-state index in [2.05, 4.69) is 19.9 Å². The Hall–Kier alpha value is -2.06. The number of hydrogen-bond acceptors (Lipinski definition) is 6. The molecule has 0 spiro atoms. The van der Waals surface area contributed by atoms with E-state index >= 15 is 0 Å². The van der Waals surface area contributed by atoms with Gasteiger partial charge in [-0.3, -0.25) is 4.90 Å². The average Bonchev–Trinajstić information content (AvgIpc) is 2.58. The summed E-state index contributed by atoms with van der Waals surface area (Å²) in [5.41, 5.74) is 0.873. The molecule has 2 rings (SSSR count). The van der Waals surface area contributed by atoms with Gasteiger partial charge in [0.05, 0.1) is 0 Å². The maximum Gasteiger partial charge on any atom is 0.461 e. The first kappa shape index (κ1) is 17.3. The van der Waals surface area contributed by atoms with Gasteiger partial charge in [-0.1, -0.05) is 0 Å². The first-order valence-corrected chi connectivity index (χ1v) is 7.21. The van der Waals surface area contributed by atoms with E-state index in [9.17, 15) is 10.2 Å². The second-order valence-electron chi connectivity index (χ2n) is 4.94. The molecule has 122 valence electrons. The number of aromatic hydroxyl groups is 2. The topological polar surface area (TPSA) is 89.8 Å². The first-order valence-electron chi connectivity index (χ1n) is 7.21. The average molecular weight is 318 g/mol. The van der Waals surface area contributed by atoms with Gasteiger partial charge >= 0.3 is 15.2 Å². The summed E-state index contributed by atoms with van der Waals surface area (Å²) in [4.78, 5) is 8.41. The molecule has 1 aliphatic heterocycles. The molecule has 0 bridgehead atoms. The molecule has 3 N–H and O–H groups in total. The van der Waals surface area contributed by atoms with Crippen LogP contribution in [0.1, 0.15) is 0 Å². The molecule has 23 heavy (non-hydrogen) atoms. The van der Waals surface area contributed by atoms with Gasteiger partial charge in [0.2, 0.25) is 0 Å². The fraction of sp³-hybridized carbons (Fsp3) is 0.462. The Bertz CT molecular complexity index is 539. The Morgan fingerprint density at radius 2 is 1.87 bits per heavy atom. The van der Waals surface area contributed by atoms with Crippen molar-refractivity contribution < 1.29 is 19.5 Å². The largest absolute Gasteiger partial charge is 0.504 e. The Balaban J connectivity index is 1.96. The molecule has 0 saturated carbocycles. The van der Waals surface area contributed by atoms with Crippen LogP contribution in [0.5, 0.6) is 11.5 Å². The smallest absolute Gasteiger partial charge is 0.461 e. The van der Waals surface area contributed by atoms with Crippen molar-refractivity contribution in [2.24, 2.45) is 4.90 Å². The summed E-state index contributed by atoms with van der Waals surface area (Å²) in [6, 6.07) is 4.84. The molecule has 0 atom stereocenters. The van der Waals surface area contributed by atoms with E-state index in [1.807, 2.05) is 0 Å². The number of nitrogens with one attached hydrogen (secondary N) is 1. The van der Waals surface area contributed by atoms with Crippen molar-refractivity contribution in [3.05, 3.63) is 18.2 Å². The zero-order valence-corrected chi connectivity index (χ0v) is 13.3. The predicted octanol–water partition coefficient (Wildman–Crippen LogP) is -0.473. The molecule has 8 nitrogen and oxygen atoms in total. The van der Waals surface area contributed by atoms with Gasteiger partial charge in [0.25, 0.3) is 0 Å². The van der Waals surface area contributed by atoms with Crippen LogP contribution in [-0.2, 0) is 9.31 Å². The van der Waals surface area contributed by atoms with E-state index in [1.165, 1.54) is 28.4 Å². The summed E-state index contributed by atoms with van der Waals surface area (Å²) in [6.45, 7) is 2.99. The molecular formula is C13H20B2N4O4. The van der Waals surface area contributed by atoms with Gasteiger partial charge in [-0.25, -0.2) is 0 Å². The summed E-state index contributed by atoms with van der Waals surface area (Å²) < 4.78 is 9.76. The van der Waals surface area contributed by atoms with Gasteiger partial charge in [-0.05, 0) is 12.1 Å². The Labute approximate surface area is 137 Å². The molecule has 0 aliphatic carbocycles. The highest BCUT2D eigenvalue weighted by molar-refractivity contribution is 6.34. The third kappa shape index (κ3) is 4.70. The predicted molar refractivity (Wildman–Crippen MR) is 89.7 cm³/mol. The van der Waals surface area contributed by atoms with Crippen molar-refractivity contribution in [3.8, 4) is 11.5 Å². The van der Waals surface area contributed by atoms with Crippen LogP contribution in [0.2, 0.25) is 0 Å². The lowest BCUT2D eigenvalue weighted by Crippen LogP contribution is -2.53. The molecule has 10 heteroatoms. The van der Waals surface area contributed by atoms with Gasteiger partial charge in [-0.2, -0.15) is 0 Å². The molecule has 0 aromatic heterocycles. The summed E-state index contributed by atoms with van der Waals surface area (Å²) in [7, 11) is 5.90. The second kappa shape index (κ2) is 8.54. The van der Waals surface area contributed by atoms with Gasteiger partial charge in [0.15, 0.2) is 17.5 Å². The maximum absolute atomic E-state index is 9.61. The highest BCUT2D eigenvalue weighted by atomic mass is 16.4. The van der Waals surface area contributed by atoms with Crippen LogP contribution in [0.4, 0.5) is 5.69 Å².